The van der Waals surface area contributed by atoms with Crippen molar-refractivity contribution < 1.29 is 9.13 Å². The van der Waals surface area contributed by atoms with E-state index in [1.807, 2.05) is 17.0 Å². The van der Waals surface area contributed by atoms with Gasteiger partial charge in [0, 0.05) is 0 Å². The molecule has 0 aliphatic carbocycles. The number of rotatable bonds is 4. The van der Waals surface area contributed by atoms with Crippen LogP contribution in [0.3, 0.4) is 0 Å². The quantitative estimate of drug-likeness (QED) is 0.256. The predicted molar refractivity (Wildman–Crippen MR) is 153 cm³/mol. The van der Waals surface area contributed by atoms with Crippen LogP contribution in [0.15, 0.2) is 60.7 Å². The molecule has 0 aliphatic rings. The SMILES string of the molecule is CC(C)(C)c1ccc2c(c1)c1cc(C(C)(C)C)ccc1n2-c1ccc(N(CC#P=O)CC#P=O)cc1. The van der Waals surface area contributed by atoms with Crippen LogP contribution in [0.1, 0.15) is 52.7 Å². The maximum absolute atomic E-state index is 10.9. The van der Waals surface area contributed by atoms with Gasteiger partial charge in [-0.2, -0.15) is 0 Å². The Morgan fingerprint density at radius 2 is 1.14 bits per heavy atom. The summed E-state index contributed by atoms with van der Waals surface area (Å²) < 4.78 is 24.2. The van der Waals surface area contributed by atoms with E-state index in [-0.39, 0.29) is 26.7 Å². The molecule has 0 atom stereocenters. The average Bonchev–Trinajstić information content (AvgIpc) is 3.16. The fourth-order valence-electron chi connectivity index (χ4n) is 4.51. The Hall–Kier alpha value is -2.72. The molecule has 0 spiro atoms. The Labute approximate surface area is 215 Å². The molecule has 36 heavy (non-hydrogen) atoms. The van der Waals surface area contributed by atoms with Gasteiger partial charge in [-0.15, -0.1) is 0 Å². The molecule has 4 nitrogen and oxygen atoms in total. The summed E-state index contributed by atoms with van der Waals surface area (Å²) in [6, 6.07) is 21.9. The molecule has 1 heterocycles. The first kappa shape index (κ1) is 26.3. The van der Waals surface area contributed by atoms with Gasteiger partial charge in [0.05, 0.1) is 0 Å². The van der Waals surface area contributed by atoms with E-state index in [4.69, 9.17) is 0 Å². The number of aromatic nitrogens is 1. The van der Waals surface area contributed by atoms with Crippen molar-refractivity contribution in [1.29, 1.82) is 0 Å². The maximum atomic E-state index is 10.9. The van der Waals surface area contributed by atoms with Crippen LogP contribution in [-0.2, 0) is 20.0 Å². The Bertz CT molecular complexity index is 1550. The monoisotopic (exact) mass is 514 g/mol. The molecule has 0 N–H and O–H groups in total. The first-order valence-electron chi connectivity index (χ1n) is 12.1. The minimum atomic E-state index is -0.147. The van der Waals surface area contributed by atoms with Crippen LogP contribution < -0.4 is 4.90 Å². The van der Waals surface area contributed by atoms with Gasteiger partial charge in [0.2, 0.25) is 0 Å². The fourth-order valence-corrected chi connectivity index (χ4v) is 4.97. The van der Waals surface area contributed by atoms with Crippen LogP contribution in [0, 0.1) is 11.3 Å². The molecule has 3 aromatic carbocycles. The number of anilines is 1. The van der Waals surface area contributed by atoms with Crippen molar-refractivity contribution in [2.45, 2.75) is 52.4 Å². The molecule has 0 saturated heterocycles. The van der Waals surface area contributed by atoms with Crippen LogP contribution >= 0.6 is 15.8 Å². The second-order valence-corrected chi connectivity index (χ2v) is 12.2. The molecule has 6 heteroatoms. The van der Waals surface area contributed by atoms with Gasteiger partial charge in [0.15, 0.2) is 0 Å². The summed E-state index contributed by atoms with van der Waals surface area (Å²) >= 11 is 0. The number of hydrogen-bond acceptors (Lipinski definition) is 3. The van der Waals surface area contributed by atoms with E-state index in [1.165, 1.54) is 32.9 Å². The van der Waals surface area contributed by atoms with Crippen molar-refractivity contribution in [3.8, 4) is 16.9 Å². The third-order valence-electron chi connectivity index (χ3n) is 6.62. The zero-order valence-electron chi connectivity index (χ0n) is 21.8. The standard InChI is InChI=1S/C30H32N2O2P2/c1-29(2,3)21-7-13-27-25(19-21)26-20-22(30(4,5)6)8-14-28(26)32(27)24-11-9-23(10-12-24)31(15-17-35-33)16-18-36-34/h7-14,19-20H,15-16H2,1-6H3. The Morgan fingerprint density at radius 3 is 1.53 bits per heavy atom. The first-order valence-corrected chi connectivity index (χ1v) is 13.7. The molecule has 0 radical (unpaired) electrons. The zero-order chi connectivity index (χ0) is 26.1. The van der Waals surface area contributed by atoms with E-state index in [2.05, 4.69) is 106 Å². The van der Waals surface area contributed by atoms with E-state index >= 15 is 0 Å². The van der Waals surface area contributed by atoms with Crippen molar-refractivity contribution in [2.24, 2.45) is 0 Å². The molecular weight excluding hydrogens is 482 g/mol. The molecule has 4 rings (SSSR count). The van der Waals surface area contributed by atoms with Crippen LogP contribution in [0.2, 0.25) is 0 Å². The van der Waals surface area contributed by atoms with Crippen molar-refractivity contribution in [3.05, 3.63) is 71.8 Å². The fraction of sp³-hybridized carbons (Fsp3) is 0.333. The molecule has 184 valence electrons. The van der Waals surface area contributed by atoms with E-state index in [1.54, 1.807) is 0 Å². The normalized spacial score (nSPS) is 11.8. The van der Waals surface area contributed by atoms with Gasteiger partial charge >= 0.3 is 164 Å². The Kier molecular flexibility index (Phi) is 7.56. The number of fused-ring (bicyclic) bond motifs is 3. The minimum absolute atomic E-state index is 0.0600. The Balaban J connectivity index is 1.92. The van der Waals surface area contributed by atoms with Gasteiger partial charge < -0.3 is 0 Å². The molecule has 0 amide bonds. The predicted octanol–water partition coefficient (Wildman–Crippen LogP) is 8.69. The molecule has 0 aliphatic heterocycles. The summed E-state index contributed by atoms with van der Waals surface area (Å²) in [6.07, 6.45) is 0. The van der Waals surface area contributed by atoms with Gasteiger partial charge in [0.1, 0.15) is 0 Å². The first-order chi connectivity index (χ1) is 17.0. The molecule has 0 fully saturated rings. The van der Waals surface area contributed by atoms with Crippen molar-refractivity contribution in [1.82, 2.24) is 4.57 Å². The van der Waals surface area contributed by atoms with Crippen molar-refractivity contribution in [3.63, 3.8) is 0 Å². The van der Waals surface area contributed by atoms with E-state index in [0.717, 1.165) is 11.4 Å². The average molecular weight is 515 g/mol. The number of nitrogens with zero attached hydrogens (tertiary/aromatic N) is 2. The van der Waals surface area contributed by atoms with Crippen LogP contribution in [0.25, 0.3) is 27.5 Å². The van der Waals surface area contributed by atoms with Gasteiger partial charge in [-0.05, 0) is 10.8 Å². The van der Waals surface area contributed by atoms with Crippen molar-refractivity contribution in [2.75, 3.05) is 18.0 Å². The molecule has 4 aromatic rings. The van der Waals surface area contributed by atoms with E-state index < -0.39 is 0 Å². The summed E-state index contributed by atoms with van der Waals surface area (Å²) in [5, 5.41) is 2.51. The summed E-state index contributed by atoms with van der Waals surface area (Å²) in [5.74, 6) is 0. The summed E-state index contributed by atoms with van der Waals surface area (Å²) in [5.41, 5.74) is 12.6. The molecular formula is C30H32N2O2P2. The molecule has 0 saturated carbocycles. The van der Waals surface area contributed by atoms with Gasteiger partial charge in [0.25, 0.3) is 0 Å². The van der Waals surface area contributed by atoms with Gasteiger partial charge in [-0.25, -0.2) is 0 Å². The van der Waals surface area contributed by atoms with Crippen molar-refractivity contribution >= 4 is 43.3 Å². The number of hydrogen-bond donors (Lipinski definition) is 0. The third-order valence-corrected chi connectivity index (χ3v) is 7.16. The molecule has 1 aromatic heterocycles. The zero-order valence-corrected chi connectivity index (χ0v) is 23.6. The van der Waals surface area contributed by atoms with E-state index in [9.17, 15) is 9.13 Å². The van der Waals surface area contributed by atoms with Crippen LogP contribution in [0.4, 0.5) is 5.69 Å². The summed E-state index contributed by atoms with van der Waals surface area (Å²) in [7, 11) is -0.293. The molecule has 0 unspecified atom stereocenters. The third kappa shape index (κ3) is 5.34. The second-order valence-electron chi connectivity index (χ2n) is 11.2. The summed E-state index contributed by atoms with van der Waals surface area (Å²) in [4.78, 5) is 1.93. The second kappa shape index (κ2) is 10.3. The molecule has 0 bridgehead atoms. The van der Waals surface area contributed by atoms with Gasteiger partial charge in [-0.1, -0.05) is 41.5 Å². The van der Waals surface area contributed by atoms with Gasteiger partial charge in [-0.3, -0.25) is 0 Å². The van der Waals surface area contributed by atoms with Crippen LogP contribution in [0.5, 0.6) is 0 Å². The summed E-state index contributed by atoms with van der Waals surface area (Å²) in [6.45, 7) is 14.2. The van der Waals surface area contributed by atoms with E-state index in [0.29, 0.717) is 13.1 Å². The van der Waals surface area contributed by atoms with Crippen LogP contribution in [-0.4, -0.2) is 17.7 Å². The number of benzene rings is 3. The Morgan fingerprint density at radius 1 is 0.694 bits per heavy atom. The topological polar surface area (TPSA) is 42.3 Å².